The third kappa shape index (κ3) is 4.62. The van der Waals surface area contributed by atoms with Crippen LogP contribution in [0.2, 0.25) is 5.15 Å². The Kier molecular flexibility index (Phi) is 5.41. The fourth-order valence-electron chi connectivity index (χ4n) is 2.81. The maximum Gasteiger partial charge on any atom is 0.163 e. The molecule has 0 amide bonds. The average molecular weight is 335 g/mol. The van der Waals surface area contributed by atoms with Crippen LogP contribution in [-0.4, -0.2) is 29.6 Å². The molecule has 1 aromatic carbocycles. The van der Waals surface area contributed by atoms with E-state index in [2.05, 4.69) is 20.6 Å². The summed E-state index contributed by atoms with van der Waals surface area (Å²) in [7, 11) is 0. The zero-order valence-electron chi connectivity index (χ0n) is 12.9. The fraction of sp³-hybridized carbons (Fsp3) is 0.412. The molecule has 3 rings (SSSR count). The van der Waals surface area contributed by atoms with E-state index >= 15 is 0 Å². The lowest BCUT2D eigenvalue weighted by molar-refractivity contribution is 0.361. The number of hydrogen-bond acceptors (Lipinski definition) is 4. The summed E-state index contributed by atoms with van der Waals surface area (Å²) in [6, 6.07) is 7.81. The Balaban J connectivity index is 1.64. The molecule has 4 nitrogen and oxygen atoms in total. The van der Waals surface area contributed by atoms with Crippen LogP contribution in [0.3, 0.4) is 0 Å². The Bertz CT molecular complexity index is 642. The molecule has 1 saturated heterocycles. The van der Waals surface area contributed by atoms with Crippen molar-refractivity contribution in [2.75, 3.05) is 25.0 Å². The predicted octanol–water partition coefficient (Wildman–Crippen LogP) is 3.74. The highest BCUT2D eigenvalue weighted by molar-refractivity contribution is 6.29. The third-order valence-corrected chi connectivity index (χ3v) is 4.31. The summed E-state index contributed by atoms with van der Waals surface area (Å²) in [5.74, 6) is 1.69. The van der Waals surface area contributed by atoms with Gasteiger partial charge >= 0.3 is 0 Å². The van der Waals surface area contributed by atoms with Gasteiger partial charge in [0.2, 0.25) is 0 Å². The van der Waals surface area contributed by atoms with Gasteiger partial charge in [-0.05, 0) is 62.5 Å². The third-order valence-electron chi connectivity index (χ3n) is 4.11. The Morgan fingerprint density at radius 3 is 2.65 bits per heavy atom. The van der Waals surface area contributed by atoms with Gasteiger partial charge < -0.3 is 10.6 Å². The molecule has 23 heavy (non-hydrogen) atoms. The van der Waals surface area contributed by atoms with Crippen molar-refractivity contribution in [3.63, 3.8) is 0 Å². The van der Waals surface area contributed by atoms with E-state index in [9.17, 15) is 4.39 Å². The highest BCUT2D eigenvalue weighted by Gasteiger charge is 2.12. The Hall–Kier alpha value is -1.72. The first-order chi connectivity index (χ1) is 11.2. The van der Waals surface area contributed by atoms with E-state index in [0.29, 0.717) is 16.8 Å². The Labute approximate surface area is 140 Å². The van der Waals surface area contributed by atoms with Crippen molar-refractivity contribution in [2.45, 2.75) is 19.3 Å². The van der Waals surface area contributed by atoms with Crippen molar-refractivity contribution in [2.24, 2.45) is 5.92 Å². The van der Waals surface area contributed by atoms with Crippen molar-refractivity contribution in [3.05, 3.63) is 41.3 Å². The zero-order chi connectivity index (χ0) is 16.1. The molecule has 2 heterocycles. The summed E-state index contributed by atoms with van der Waals surface area (Å²) in [5.41, 5.74) is 0.746. The van der Waals surface area contributed by atoms with Crippen molar-refractivity contribution >= 4 is 17.4 Å². The average Bonchev–Trinajstić information content (AvgIpc) is 2.56. The SMILES string of the molecule is Fc1ccc(-c2nc(Cl)cc(NCCC3CCNCC3)n2)cc1. The van der Waals surface area contributed by atoms with Gasteiger partial charge in [0.05, 0.1) is 0 Å². The van der Waals surface area contributed by atoms with Crippen LogP contribution in [0.15, 0.2) is 30.3 Å². The van der Waals surface area contributed by atoms with E-state index in [4.69, 9.17) is 11.6 Å². The number of nitrogens with zero attached hydrogens (tertiary/aromatic N) is 2. The van der Waals surface area contributed by atoms with Crippen molar-refractivity contribution < 1.29 is 4.39 Å². The smallest absolute Gasteiger partial charge is 0.163 e. The van der Waals surface area contributed by atoms with Crippen molar-refractivity contribution in [3.8, 4) is 11.4 Å². The normalized spacial score (nSPS) is 15.6. The van der Waals surface area contributed by atoms with Crippen LogP contribution < -0.4 is 10.6 Å². The first-order valence-electron chi connectivity index (χ1n) is 7.96. The van der Waals surface area contributed by atoms with Crippen LogP contribution in [0, 0.1) is 11.7 Å². The standard InChI is InChI=1S/C17H20ClFN4/c18-15-11-16(21-10-7-12-5-8-20-9-6-12)23-17(22-15)13-1-3-14(19)4-2-13/h1-4,11-12,20H,5-10H2,(H,21,22,23). The number of benzene rings is 1. The summed E-state index contributed by atoms with van der Waals surface area (Å²) < 4.78 is 13.0. The van der Waals surface area contributed by atoms with Crippen LogP contribution in [0.1, 0.15) is 19.3 Å². The monoisotopic (exact) mass is 334 g/mol. The molecule has 1 fully saturated rings. The molecular formula is C17H20ClFN4. The minimum absolute atomic E-state index is 0.281. The molecule has 6 heteroatoms. The maximum atomic E-state index is 13.0. The van der Waals surface area contributed by atoms with Gasteiger partial charge in [-0.25, -0.2) is 14.4 Å². The number of hydrogen-bond donors (Lipinski definition) is 2. The summed E-state index contributed by atoms with van der Waals surface area (Å²) >= 11 is 6.09. The molecule has 2 N–H and O–H groups in total. The molecule has 122 valence electrons. The first kappa shape index (κ1) is 16.1. The number of rotatable bonds is 5. The second-order valence-corrected chi connectivity index (χ2v) is 6.20. The molecule has 0 atom stereocenters. The van der Waals surface area contributed by atoms with Crippen LogP contribution >= 0.6 is 11.6 Å². The summed E-state index contributed by atoms with van der Waals surface area (Å²) in [4.78, 5) is 8.69. The topological polar surface area (TPSA) is 49.8 Å². The molecule has 0 unspecified atom stereocenters. The van der Waals surface area contributed by atoms with Crippen molar-refractivity contribution in [1.29, 1.82) is 0 Å². The van der Waals surface area contributed by atoms with Crippen LogP contribution in [-0.2, 0) is 0 Å². The largest absolute Gasteiger partial charge is 0.370 e. The van der Waals surface area contributed by atoms with Crippen LogP contribution in [0.4, 0.5) is 10.2 Å². The van der Waals surface area contributed by atoms with Gasteiger partial charge in [0.15, 0.2) is 5.82 Å². The molecular weight excluding hydrogens is 315 g/mol. The van der Waals surface area contributed by atoms with E-state index < -0.39 is 0 Å². The van der Waals surface area contributed by atoms with Crippen LogP contribution in [0.25, 0.3) is 11.4 Å². The van der Waals surface area contributed by atoms with Crippen LogP contribution in [0.5, 0.6) is 0 Å². The molecule has 0 saturated carbocycles. The van der Waals surface area contributed by atoms with Gasteiger partial charge in [-0.1, -0.05) is 11.6 Å². The number of piperidine rings is 1. The maximum absolute atomic E-state index is 13.0. The number of nitrogens with one attached hydrogen (secondary N) is 2. The molecule has 1 aliphatic rings. The number of halogens is 2. The molecule has 0 bridgehead atoms. The fourth-order valence-corrected chi connectivity index (χ4v) is 2.99. The summed E-state index contributed by atoms with van der Waals surface area (Å²) in [6.45, 7) is 3.08. The minimum Gasteiger partial charge on any atom is -0.370 e. The van der Waals surface area contributed by atoms with Gasteiger partial charge in [0, 0.05) is 18.2 Å². The van der Waals surface area contributed by atoms with Gasteiger partial charge in [-0.3, -0.25) is 0 Å². The summed E-state index contributed by atoms with van der Waals surface area (Å²) in [6.07, 6.45) is 3.58. The molecule has 1 aliphatic heterocycles. The molecule has 0 aliphatic carbocycles. The number of anilines is 1. The van der Waals surface area contributed by atoms with Gasteiger partial charge in [-0.2, -0.15) is 0 Å². The lowest BCUT2D eigenvalue weighted by Crippen LogP contribution is -2.28. The van der Waals surface area contributed by atoms with Gasteiger partial charge in [0.25, 0.3) is 0 Å². The second-order valence-electron chi connectivity index (χ2n) is 5.82. The molecule has 2 aromatic rings. The van der Waals surface area contributed by atoms with E-state index in [-0.39, 0.29) is 5.82 Å². The lowest BCUT2D eigenvalue weighted by atomic mass is 9.95. The van der Waals surface area contributed by atoms with E-state index in [1.165, 1.54) is 25.0 Å². The minimum atomic E-state index is -0.281. The predicted molar refractivity (Wildman–Crippen MR) is 91.1 cm³/mol. The second kappa shape index (κ2) is 7.70. The van der Waals surface area contributed by atoms with E-state index in [1.807, 2.05) is 0 Å². The zero-order valence-corrected chi connectivity index (χ0v) is 13.6. The number of aromatic nitrogens is 2. The highest BCUT2D eigenvalue weighted by Crippen LogP contribution is 2.21. The lowest BCUT2D eigenvalue weighted by Gasteiger charge is -2.22. The molecule has 0 spiro atoms. The molecule has 0 radical (unpaired) electrons. The summed E-state index contributed by atoms with van der Waals surface area (Å²) in [5, 5.41) is 7.08. The van der Waals surface area contributed by atoms with Gasteiger partial charge in [0.1, 0.15) is 16.8 Å². The molecule has 1 aromatic heterocycles. The quantitative estimate of drug-likeness (QED) is 0.818. The van der Waals surface area contributed by atoms with E-state index in [1.54, 1.807) is 18.2 Å². The van der Waals surface area contributed by atoms with E-state index in [0.717, 1.165) is 37.5 Å². The Morgan fingerprint density at radius 1 is 1.17 bits per heavy atom. The van der Waals surface area contributed by atoms with Crippen molar-refractivity contribution in [1.82, 2.24) is 15.3 Å². The Morgan fingerprint density at radius 2 is 1.91 bits per heavy atom. The first-order valence-corrected chi connectivity index (χ1v) is 8.33. The highest BCUT2D eigenvalue weighted by atomic mass is 35.5. The van der Waals surface area contributed by atoms with Gasteiger partial charge in [-0.15, -0.1) is 0 Å².